The summed E-state index contributed by atoms with van der Waals surface area (Å²) in [5.41, 5.74) is 0.602. The van der Waals surface area contributed by atoms with Crippen LogP contribution in [-0.4, -0.2) is 32.1 Å². The minimum atomic E-state index is -0.902. The molecule has 0 atom stereocenters. The van der Waals surface area contributed by atoms with Gasteiger partial charge >= 0.3 is 17.8 Å². The van der Waals surface area contributed by atoms with Crippen molar-refractivity contribution in [3.05, 3.63) is 48.5 Å². The molecule has 2 aromatic rings. The molecule has 122 valence electrons. The van der Waals surface area contributed by atoms with Crippen LogP contribution in [0.5, 0.6) is 11.5 Å². The Hall–Kier alpha value is -3.35. The first-order chi connectivity index (χ1) is 11.6. The van der Waals surface area contributed by atoms with Crippen LogP contribution in [-0.2, 0) is 9.59 Å². The average molecular weight is 326 g/mol. The summed E-state index contributed by atoms with van der Waals surface area (Å²) in [6.45, 7) is 0. The smallest absolute Gasteiger partial charge is 0.343 e. The van der Waals surface area contributed by atoms with Crippen molar-refractivity contribution in [1.82, 2.24) is 0 Å². The predicted molar refractivity (Wildman–Crippen MR) is 86.4 cm³/mol. The summed E-state index contributed by atoms with van der Waals surface area (Å²) in [6.07, 6.45) is 0. The maximum absolute atomic E-state index is 12.6. The number of nitrogens with zero attached hydrogens (tertiary/aromatic N) is 2. The Bertz CT molecular complexity index is 731. The molecule has 0 radical (unpaired) electrons. The number of urea groups is 1. The molecule has 0 aromatic heterocycles. The Kier molecular flexibility index (Phi) is 3.91. The summed E-state index contributed by atoms with van der Waals surface area (Å²) in [6, 6.07) is 11.9. The quantitative estimate of drug-likeness (QED) is 0.636. The van der Waals surface area contributed by atoms with Gasteiger partial charge in [-0.25, -0.2) is 14.6 Å². The molecule has 3 rings (SSSR count). The topological polar surface area (TPSA) is 76.2 Å². The Balaban J connectivity index is 1.94. The second kappa shape index (κ2) is 6.04. The fourth-order valence-electron chi connectivity index (χ4n) is 2.38. The van der Waals surface area contributed by atoms with E-state index >= 15 is 0 Å². The largest absolute Gasteiger partial charge is 0.497 e. The third-order valence-corrected chi connectivity index (χ3v) is 3.63. The molecule has 2 aromatic carbocycles. The van der Waals surface area contributed by atoms with E-state index in [1.165, 1.54) is 14.2 Å². The number of carbonyl (C=O) groups excluding carboxylic acids is 3. The third-order valence-electron chi connectivity index (χ3n) is 3.63. The first-order valence-corrected chi connectivity index (χ1v) is 7.07. The Morgan fingerprint density at radius 1 is 0.625 bits per heavy atom. The van der Waals surface area contributed by atoms with Gasteiger partial charge in [-0.15, -0.1) is 0 Å². The van der Waals surface area contributed by atoms with E-state index in [9.17, 15) is 14.4 Å². The minimum Gasteiger partial charge on any atom is -0.497 e. The monoisotopic (exact) mass is 326 g/mol. The molecular formula is C17H14N2O5. The molecule has 0 aliphatic carbocycles. The van der Waals surface area contributed by atoms with Gasteiger partial charge < -0.3 is 9.47 Å². The molecule has 0 saturated carbocycles. The summed E-state index contributed by atoms with van der Waals surface area (Å²) in [5, 5.41) is 0. The molecule has 24 heavy (non-hydrogen) atoms. The van der Waals surface area contributed by atoms with Crippen molar-refractivity contribution in [2.75, 3.05) is 24.0 Å². The second-order valence-electron chi connectivity index (χ2n) is 4.96. The molecule has 0 spiro atoms. The molecule has 1 fully saturated rings. The molecule has 1 heterocycles. The number of amides is 4. The van der Waals surface area contributed by atoms with E-state index in [-0.39, 0.29) is 0 Å². The van der Waals surface area contributed by atoms with Crippen molar-refractivity contribution in [3.8, 4) is 11.5 Å². The fourth-order valence-corrected chi connectivity index (χ4v) is 2.38. The van der Waals surface area contributed by atoms with Crippen LogP contribution >= 0.6 is 0 Å². The van der Waals surface area contributed by atoms with Crippen LogP contribution < -0.4 is 19.3 Å². The molecule has 7 nitrogen and oxygen atoms in total. The maximum atomic E-state index is 12.6. The van der Waals surface area contributed by atoms with Gasteiger partial charge in [0, 0.05) is 0 Å². The number of benzene rings is 2. The van der Waals surface area contributed by atoms with E-state index in [0.717, 1.165) is 9.80 Å². The Labute approximate surface area is 138 Å². The van der Waals surface area contributed by atoms with Crippen molar-refractivity contribution in [1.29, 1.82) is 0 Å². The Morgan fingerprint density at radius 2 is 0.958 bits per heavy atom. The minimum absolute atomic E-state index is 0.301. The zero-order chi connectivity index (χ0) is 17.3. The zero-order valence-corrected chi connectivity index (χ0v) is 13.1. The van der Waals surface area contributed by atoms with Crippen LogP contribution in [0.3, 0.4) is 0 Å². The number of anilines is 2. The molecule has 1 aliphatic heterocycles. The predicted octanol–water partition coefficient (Wildman–Crippen LogP) is 2.20. The number of hydrogen-bond acceptors (Lipinski definition) is 5. The fraction of sp³-hybridized carbons (Fsp3) is 0.118. The van der Waals surface area contributed by atoms with Gasteiger partial charge in [-0.05, 0) is 48.5 Å². The number of carbonyl (C=O) groups is 3. The van der Waals surface area contributed by atoms with Gasteiger partial charge in [0.25, 0.3) is 0 Å². The maximum Gasteiger partial charge on any atom is 0.343 e. The normalized spacial score (nSPS) is 14.3. The van der Waals surface area contributed by atoms with Gasteiger partial charge in [0.2, 0.25) is 0 Å². The Morgan fingerprint density at radius 3 is 1.25 bits per heavy atom. The highest BCUT2D eigenvalue weighted by Gasteiger charge is 2.46. The molecular weight excluding hydrogens is 312 g/mol. The molecule has 7 heteroatoms. The van der Waals surface area contributed by atoms with Crippen LogP contribution in [0.15, 0.2) is 48.5 Å². The van der Waals surface area contributed by atoms with Crippen molar-refractivity contribution >= 4 is 29.2 Å². The van der Waals surface area contributed by atoms with Crippen LogP contribution in [0.2, 0.25) is 0 Å². The van der Waals surface area contributed by atoms with Crippen molar-refractivity contribution < 1.29 is 23.9 Å². The SMILES string of the molecule is COc1ccc(N2C(=O)C(=O)N(c3ccc(OC)cc3)C2=O)cc1. The van der Waals surface area contributed by atoms with Crippen LogP contribution in [0, 0.1) is 0 Å². The molecule has 1 aliphatic rings. The van der Waals surface area contributed by atoms with E-state index in [2.05, 4.69) is 0 Å². The lowest BCUT2D eigenvalue weighted by Gasteiger charge is -2.16. The first-order valence-electron chi connectivity index (χ1n) is 7.07. The highest BCUT2D eigenvalue weighted by atomic mass is 16.5. The van der Waals surface area contributed by atoms with Gasteiger partial charge in [-0.1, -0.05) is 0 Å². The highest BCUT2D eigenvalue weighted by molar-refractivity contribution is 6.60. The number of rotatable bonds is 4. The summed E-state index contributed by atoms with van der Waals surface area (Å²) in [4.78, 5) is 38.7. The summed E-state index contributed by atoms with van der Waals surface area (Å²) in [7, 11) is 3.02. The van der Waals surface area contributed by atoms with E-state index in [0.29, 0.717) is 22.9 Å². The standard InChI is InChI=1S/C17H14N2O5/c1-23-13-7-3-11(4-8-13)18-15(20)16(21)19(17(18)22)12-5-9-14(24-2)10-6-12/h3-10H,1-2H3. The van der Waals surface area contributed by atoms with Gasteiger partial charge in [0.1, 0.15) is 11.5 Å². The molecule has 0 unspecified atom stereocenters. The highest BCUT2D eigenvalue weighted by Crippen LogP contribution is 2.29. The summed E-state index contributed by atoms with van der Waals surface area (Å²) in [5.74, 6) is -0.644. The van der Waals surface area contributed by atoms with Crippen molar-refractivity contribution in [2.24, 2.45) is 0 Å². The molecule has 4 amide bonds. The molecule has 1 saturated heterocycles. The van der Waals surface area contributed by atoms with E-state index < -0.39 is 17.8 Å². The molecule has 0 bridgehead atoms. The van der Waals surface area contributed by atoms with Gasteiger partial charge in [0.15, 0.2) is 0 Å². The number of ether oxygens (including phenoxy) is 2. The van der Waals surface area contributed by atoms with Crippen LogP contribution in [0.4, 0.5) is 16.2 Å². The lowest BCUT2D eigenvalue weighted by Crippen LogP contribution is -2.33. The summed E-state index contributed by atoms with van der Waals surface area (Å²) >= 11 is 0. The number of imide groups is 2. The van der Waals surface area contributed by atoms with E-state index in [1.54, 1.807) is 48.5 Å². The van der Waals surface area contributed by atoms with Crippen molar-refractivity contribution in [2.45, 2.75) is 0 Å². The van der Waals surface area contributed by atoms with Gasteiger partial charge in [-0.3, -0.25) is 9.59 Å². The summed E-state index contributed by atoms with van der Waals surface area (Å²) < 4.78 is 10.1. The lowest BCUT2D eigenvalue weighted by molar-refractivity contribution is -0.133. The van der Waals surface area contributed by atoms with E-state index in [4.69, 9.17) is 9.47 Å². The van der Waals surface area contributed by atoms with E-state index in [1.807, 2.05) is 0 Å². The molecule has 0 N–H and O–H groups in total. The first kappa shape index (κ1) is 15.5. The lowest BCUT2D eigenvalue weighted by atomic mass is 10.3. The van der Waals surface area contributed by atoms with Gasteiger partial charge in [-0.2, -0.15) is 0 Å². The third kappa shape index (κ3) is 2.45. The number of hydrogen-bond donors (Lipinski definition) is 0. The zero-order valence-electron chi connectivity index (χ0n) is 13.1. The van der Waals surface area contributed by atoms with Gasteiger partial charge in [0.05, 0.1) is 25.6 Å². The van der Waals surface area contributed by atoms with Crippen LogP contribution in [0.25, 0.3) is 0 Å². The van der Waals surface area contributed by atoms with Crippen molar-refractivity contribution in [3.63, 3.8) is 0 Å². The average Bonchev–Trinajstić information content (AvgIpc) is 2.84. The second-order valence-corrected chi connectivity index (χ2v) is 4.96. The van der Waals surface area contributed by atoms with Crippen LogP contribution in [0.1, 0.15) is 0 Å². The number of methoxy groups -OCH3 is 2.